The Kier molecular flexibility index (Phi) is 6.39. The smallest absolute Gasteiger partial charge is 0.340 e. The molecule has 1 saturated carbocycles. The Bertz CT molecular complexity index is 823. The molecule has 0 spiro atoms. The third kappa shape index (κ3) is 4.74. The topological polar surface area (TPSA) is 81.2 Å². The third-order valence-corrected chi connectivity index (χ3v) is 5.41. The van der Waals surface area contributed by atoms with Gasteiger partial charge in [-0.25, -0.2) is 9.78 Å². The zero-order chi connectivity index (χ0) is 20.1. The largest absolute Gasteiger partial charge is 0.458 e. The monoisotopic (exact) mass is 381 g/mol. The van der Waals surface area contributed by atoms with Crippen molar-refractivity contribution in [3.63, 3.8) is 0 Å². The van der Waals surface area contributed by atoms with Crippen LogP contribution in [-0.4, -0.2) is 27.9 Å². The van der Waals surface area contributed by atoms with Gasteiger partial charge < -0.3 is 10.1 Å². The quantitative estimate of drug-likeness (QED) is 0.779. The number of nitrogens with zero attached hydrogens (tertiary/aromatic N) is 2. The molecule has 6 heteroatoms. The van der Waals surface area contributed by atoms with Crippen molar-refractivity contribution in [1.29, 1.82) is 0 Å². The van der Waals surface area contributed by atoms with Gasteiger partial charge in [0.15, 0.2) is 0 Å². The Morgan fingerprint density at radius 2 is 1.96 bits per heavy atom. The van der Waals surface area contributed by atoms with Gasteiger partial charge in [-0.2, -0.15) is 0 Å². The molecular weight excluding hydrogens is 354 g/mol. The molecule has 6 nitrogen and oxygen atoms in total. The molecule has 3 rings (SSSR count). The molecule has 1 heterocycles. The summed E-state index contributed by atoms with van der Waals surface area (Å²) < 4.78 is 5.93. The molecule has 1 aliphatic rings. The van der Waals surface area contributed by atoms with Crippen LogP contribution in [0.5, 0.6) is 0 Å². The SMILES string of the molecule is CC1CCC(C(C)C)C(OC(=O)c2ccccc2NC(=O)c2cnccn2)C1. The van der Waals surface area contributed by atoms with Gasteiger partial charge in [0.25, 0.3) is 5.91 Å². The Balaban J connectivity index is 1.76. The lowest BCUT2D eigenvalue weighted by molar-refractivity contribution is -0.0173. The first-order valence-corrected chi connectivity index (χ1v) is 9.83. The fourth-order valence-corrected chi connectivity index (χ4v) is 3.82. The lowest BCUT2D eigenvalue weighted by Gasteiger charge is -2.36. The third-order valence-electron chi connectivity index (χ3n) is 5.41. The average Bonchev–Trinajstić information content (AvgIpc) is 2.68. The van der Waals surface area contributed by atoms with E-state index in [9.17, 15) is 9.59 Å². The van der Waals surface area contributed by atoms with E-state index in [-0.39, 0.29) is 11.8 Å². The summed E-state index contributed by atoms with van der Waals surface area (Å²) in [5, 5.41) is 2.75. The van der Waals surface area contributed by atoms with E-state index in [4.69, 9.17) is 4.74 Å². The van der Waals surface area contributed by atoms with Crippen LogP contribution in [0.1, 0.15) is 60.9 Å². The highest BCUT2D eigenvalue weighted by Gasteiger charge is 2.34. The minimum atomic E-state index is -0.417. The van der Waals surface area contributed by atoms with E-state index in [0.717, 1.165) is 12.8 Å². The Morgan fingerprint density at radius 3 is 2.68 bits per heavy atom. The first-order chi connectivity index (χ1) is 13.5. The lowest BCUT2D eigenvalue weighted by atomic mass is 9.75. The molecule has 1 aromatic carbocycles. The summed E-state index contributed by atoms with van der Waals surface area (Å²) in [7, 11) is 0. The van der Waals surface area contributed by atoms with Crippen LogP contribution in [0.25, 0.3) is 0 Å². The van der Waals surface area contributed by atoms with Crippen LogP contribution < -0.4 is 5.32 Å². The molecule has 3 unspecified atom stereocenters. The number of hydrogen-bond acceptors (Lipinski definition) is 5. The van der Waals surface area contributed by atoms with Gasteiger partial charge in [0.05, 0.1) is 17.4 Å². The zero-order valence-corrected chi connectivity index (χ0v) is 16.6. The Labute approximate surface area is 165 Å². The molecule has 1 amide bonds. The zero-order valence-electron chi connectivity index (χ0n) is 16.6. The van der Waals surface area contributed by atoms with Gasteiger partial charge in [-0.3, -0.25) is 9.78 Å². The number of esters is 1. The van der Waals surface area contributed by atoms with Crippen LogP contribution in [0.2, 0.25) is 0 Å². The fraction of sp³-hybridized carbons (Fsp3) is 0.455. The van der Waals surface area contributed by atoms with E-state index in [1.807, 2.05) is 0 Å². The number of benzene rings is 1. The van der Waals surface area contributed by atoms with Crippen molar-refractivity contribution in [2.24, 2.45) is 17.8 Å². The number of carbonyl (C=O) groups is 2. The van der Waals surface area contributed by atoms with Gasteiger partial charge in [0.1, 0.15) is 11.8 Å². The molecular formula is C22H27N3O3. The predicted octanol–water partition coefficient (Wildman–Crippen LogP) is 4.35. The maximum atomic E-state index is 12.9. The molecule has 148 valence electrons. The number of rotatable bonds is 5. The van der Waals surface area contributed by atoms with E-state index < -0.39 is 11.9 Å². The first kappa shape index (κ1) is 20.0. The summed E-state index contributed by atoms with van der Waals surface area (Å²) in [5.74, 6) is 0.539. The highest BCUT2D eigenvalue weighted by atomic mass is 16.5. The van der Waals surface area contributed by atoms with Crippen LogP contribution >= 0.6 is 0 Å². The van der Waals surface area contributed by atoms with Crippen molar-refractivity contribution in [2.45, 2.75) is 46.1 Å². The molecule has 28 heavy (non-hydrogen) atoms. The number of nitrogens with one attached hydrogen (secondary N) is 1. The summed E-state index contributed by atoms with van der Waals surface area (Å²) >= 11 is 0. The van der Waals surface area contributed by atoms with Crippen molar-refractivity contribution < 1.29 is 14.3 Å². The van der Waals surface area contributed by atoms with E-state index >= 15 is 0 Å². The number of para-hydroxylation sites is 1. The van der Waals surface area contributed by atoms with Gasteiger partial charge >= 0.3 is 5.97 Å². The highest BCUT2D eigenvalue weighted by Crippen LogP contribution is 2.36. The predicted molar refractivity (Wildman–Crippen MR) is 107 cm³/mol. The minimum absolute atomic E-state index is 0.0972. The number of carbonyl (C=O) groups excluding carboxylic acids is 2. The second-order valence-corrected chi connectivity index (χ2v) is 7.86. The standard InChI is InChI=1S/C22H27N3O3/c1-14(2)16-9-8-15(3)12-20(16)28-22(27)17-6-4-5-7-18(17)25-21(26)19-13-23-10-11-24-19/h4-7,10-11,13-16,20H,8-9,12H2,1-3H3,(H,25,26). The van der Waals surface area contributed by atoms with Crippen molar-refractivity contribution >= 4 is 17.6 Å². The second kappa shape index (κ2) is 8.95. The summed E-state index contributed by atoms with van der Waals surface area (Å²) in [4.78, 5) is 33.2. The number of amides is 1. The number of aromatic nitrogens is 2. The highest BCUT2D eigenvalue weighted by molar-refractivity contribution is 6.06. The first-order valence-electron chi connectivity index (χ1n) is 9.83. The molecule has 3 atom stereocenters. The Hall–Kier alpha value is -2.76. The molecule has 1 N–H and O–H groups in total. The summed E-state index contributed by atoms with van der Waals surface area (Å²) in [6, 6.07) is 6.89. The number of ether oxygens (including phenoxy) is 1. The Morgan fingerprint density at radius 1 is 1.18 bits per heavy atom. The lowest BCUT2D eigenvalue weighted by Crippen LogP contribution is -2.36. The van der Waals surface area contributed by atoms with Crippen molar-refractivity contribution in [1.82, 2.24) is 9.97 Å². The average molecular weight is 381 g/mol. The maximum Gasteiger partial charge on any atom is 0.340 e. The molecule has 0 radical (unpaired) electrons. The summed E-state index contributed by atoms with van der Waals surface area (Å²) in [5.41, 5.74) is 0.945. The molecule has 1 aliphatic carbocycles. The molecule has 1 fully saturated rings. The van der Waals surface area contributed by atoms with Gasteiger partial charge in [-0.15, -0.1) is 0 Å². The molecule has 0 bridgehead atoms. The van der Waals surface area contributed by atoms with Crippen LogP contribution in [0.3, 0.4) is 0 Å². The number of anilines is 1. The van der Waals surface area contributed by atoms with Crippen LogP contribution in [0, 0.1) is 17.8 Å². The van der Waals surface area contributed by atoms with E-state index in [2.05, 4.69) is 36.1 Å². The van der Waals surface area contributed by atoms with Crippen molar-refractivity contribution in [2.75, 3.05) is 5.32 Å². The van der Waals surface area contributed by atoms with Gasteiger partial charge in [0.2, 0.25) is 0 Å². The normalized spacial score (nSPS) is 21.9. The second-order valence-electron chi connectivity index (χ2n) is 7.86. The fourth-order valence-electron chi connectivity index (χ4n) is 3.82. The van der Waals surface area contributed by atoms with Crippen LogP contribution in [-0.2, 0) is 4.74 Å². The van der Waals surface area contributed by atoms with Crippen molar-refractivity contribution in [3.8, 4) is 0 Å². The molecule has 0 aliphatic heterocycles. The van der Waals surface area contributed by atoms with Crippen LogP contribution in [0.4, 0.5) is 5.69 Å². The number of hydrogen-bond donors (Lipinski definition) is 1. The molecule has 2 aromatic rings. The van der Waals surface area contributed by atoms with E-state index in [0.29, 0.717) is 29.0 Å². The minimum Gasteiger partial charge on any atom is -0.458 e. The van der Waals surface area contributed by atoms with Gasteiger partial charge in [0, 0.05) is 12.4 Å². The summed E-state index contributed by atoms with van der Waals surface area (Å²) in [6.07, 6.45) is 7.35. The summed E-state index contributed by atoms with van der Waals surface area (Å²) in [6.45, 7) is 6.56. The molecule has 1 aromatic heterocycles. The van der Waals surface area contributed by atoms with Crippen LogP contribution in [0.15, 0.2) is 42.9 Å². The van der Waals surface area contributed by atoms with Gasteiger partial charge in [-0.1, -0.05) is 39.3 Å². The molecule has 0 saturated heterocycles. The van der Waals surface area contributed by atoms with Gasteiger partial charge in [-0.05, 0) is 42.7 Å². The van der Waals surface area contributed by atoms with E-state index in [1.54, 1.807) is 24.3 Å². The van der Waals surface area contributed by atoms with Crippen molar-refractivity contribution in [3.05, 3.63) is 54.1 Å². The maximum absolute atomic E-state index is 12.9. The van der Waals surface area contributed by atoms with E-state index in [1.165, 1.54) is 25.0 Å².